The van der Waals surface area contributed by atoms with Gasteiger partial charge in [0.05, 0.1) is 12.6 Å². The van der Waals surface area contributed by atoms with Crippen LogP contribution in [-0.4, -0.2) is 34.7 Å². The molecule has 0 spiro atoms. The Morgan fingerprint density at radius 2 is 1.61 bits per heavy atom. The predicted octanol–water partition coefficient (Wildman–Crippen LogP) is 3.97. The first-order valence-corrected chi connectivity index (χ1v) is 10.4. The van der Waals surface area contributed by atoms with Gasteiger partial charge in [-0.2, -0.15) is 0 Å². The topological polar surface area (TPSA) is 35.5 Å². The van der Waals surface area contributed by atoms with Crippen molar-refractivity contribution in [3.05, 3.63) is 71.8 Å². The third-order valence-corrected chi connectivity index (χ3v) is 5.64. The molecule has 3 rings (SSSR count). The molecule has 2 aromatic carbocycles. The third kappa shape index (κ3) is 5.94. The van der Waals surface area contributed by atoms with Crippen molar-refractivity contribution in [2.24, 2.45) is 0 Å². The number of nitrogens with zero attached hydrogens (tertiary/aromatic N) is 1. The zero-order valence-corrected chi connectivity index (χ0v) is 16.8. The van der Waals surface area contributed by atoms with E-state index in [2.05, 4.69) is 70.6 Å². The van der Waals surface area contributed by atoms with Gasteiger partial charge >= 0.3 is 0 Å². The number of aliphatic hydroxyl groups excluding tert-OH is 1. The van der Waals surface area contributed by atoms with Crippen molar-refractivity contribution in [2.45, 2.75) is 63.9 Å². The molecule has 0 radical (unpaired) electrons. The van der Waals surface area contributed by atoms with Crippen molar-refractivity contribution in [2.75, 3.05) is 6.54 Å². The number of nitrogens with one attached hydrogen (secondary N) is 1. The summed E-state index contributed by atoms with van der Waals surface area (Å²) in [7, 11) is 0. The summed E-state index contributed by atoms with van der Waals surface area (Å²) in [6.45, 7) is 4.19. The Kier molecular flexibility index (Phi) is 8.11. The minimum atomic E-state index is -0.395. The summed E-state index contributed by atoms with van der Waals surface area (Å²) < 4.78 is 0. The van der Waals surface area contributed by atoms with Crippen molar-refractivity contribution in [3.8, 4) is 11.8 Å². The second kappa shape index (κ2) is 11.0. The molecule has 1 fully saturated rings. The highest BCUT2D eigenvalue weighted by atomic mass is 16.3. The van der Waals surface area contributed by atoms with Crippen LogP contribution in [0.3, 0.4) is 0 Å². The first kappa shape index (κ1) is 20.6. The predicted molar refractivity (Wildman–Crippen MR) is 116 cm³/mol. The summed E-state index contributed by atoms with van der Waals surface area (Å²) in [5, 5.41) is 14.9. The van der Waals surface area contributed by atoms with Gasteiger partial charge in [-0.1, -0.05) is 79.4 Å². The summed E-state index contributed by atoms with van der Waals surface area (Å²) in [5.74, 6) is 6.25. The molecule has 148 valence electrons. The van der Waals surface area contributed by atoms with E-state index in [1.54, 1.807) is 0 Å². The largest absolute Gasteiger partial charge is 0.390 e. The summed E-state index contributed by atoms with van der Waals surface area (Å²) >= 11 is 0. The SMILES string of the molecule is CC#CCN(Cc1ccccc1)[C@@H]1CCCC[C@@H](NCc2ccccc2)[C@H]1O. The van der Waals surface area contributed by atoms with Crippen LogP contribution in [0.1, 0.15) is 43.7 Å². The maximum absolute atomic E-state index is 11.3. The van der Waals surface area contributed by atoms with Gasteiger partial charge in [0.2, 0.25) is 0 Å². The van der Waals surface area contributed by atoms with E-state index in [1.165, 1.54) is 11.1 Å². The monoisotopic (exact) mass is 376 g/mol. The molecule has 0 aromatic heterocycles. The lowest BCUT2D eigenvalue weighted by molar-refractivity contribution is 0.0266. The van der Waals surface area contributed by atoms with Crippen LogP contribution in [0, 0.1) is 11.8 Å². The van der Waals surface area contributed by atoms with Crippen molar-refractivity contribution in [1.29, 1.82) is 0 Å². The Morgan fingerprint density at radius 3 is 2.29 bits per heavy atom. The lowest BCUT2D eigenvalue weighted by Crippen LogP contribution is -2.51. The smallest absolute Gasteiger partial charge is 0.0848 e. The highest BCUT2D eigenvalue weighted by Gasteiger charge is 2.33. The number of hydrogen-bond acceptors (Lipinski definition) is 3. The fourth-order valence-electron chi connectivity index (χ4n) is 4.08. The Bertz CT molecular complexity index is 750. The molecule has 0 amide bonds. The molecule has 2 N–H and O–H groups in total. The van der Waals surface area contributed by atoms with Crippen LogP contribution in [0.4, 0.5) is 0 Å². The van der Waals surface area contributed by atoms with E-state index in [-0.39, 0.29) is 12.1 Å². The van der Waals surface area contributed by atoms with Crippen molar-refractivity contribution in [3.63, 3.8) is 0 Å². The van der Waals surface area contributed by atoms with Crippen LogP contribution in [0.5, 0.6) is 0 Å². The van der Waals surface area contributed by atoms with E-state index in [9.17, 15) is 5.11 Å². The van der Waals surface area contributed by atoms with E-state index in [1.807, 2.05) is 19.1 Å². The minimum Gasteiger partial charge on any atom is -0.390 e. The van der Waals surface area contributed by atoms with Gasteiger partial charge in [-0.05, 0) is 30.9 Å². The first-order valence-electron chi connectivity index (χ1n) is 10.4. The molecule has 3 atom stereocenters. The molecule has 1 saturated carbocycles. The van der Waals surface area contributed by atoms with Gasteiger partial charge < -0.3 is 10.4 Å². The highest BCUT2D eigenvalue weighted by molar-refractivity contribution is 5.16. The van der Waals surface area contributed by atoms with Crippen LogP contribution in [-0.2, 0) is 13.1 Å². The average Bonchev–Trinajstić information content (AvgIpc) is 2.92. The number of aliphatic hydroxyl groups is 1. The van der Waals surface area contributed by atoms with Gasteiger partial charge in [-0.15, -0.1) is 5.92 Å². The van der Waals surface area contributed by atoms with Gasteiger partial charge in [0.1, 0.15) is 0 Å². The van der Waals surface area contributed by atoms with E-state index in [4.69, 9.17) is 0 Å². The van der Waals surface area contributed by atoms with E-state index < -0.39 is 6.10 Å². The zero-order chi connectivity index (χ0) is 19.6. The summed E-state index contributed by atoms with van der Waals surface area (Å²) in [5.41, 5.74) is 2.53. The highest BCUT2D eigenvalue weighted by Crippen LogP contribution is 2.25. The normalized spacial score (nSPS) is 22.3. The Balaban J connectivity index is 1.70. The summed E-state index contributed by atoms with van der Waals surface area (Å²) in [6, 6.07) is 21.2. The minimum absolute atomic E-state index is 0.112. The molecule has 0 unspecified atom stereocenters. The standard InChI is InChI=1S/C25H32N2O/c1-2-3-18-27(20-22-14-8-5-9-15-22)24-17-11-10-16-23(25(24)28)26-19-21-12-6-4-7-13-21/h4-9,12-15,23-26,28H,10-11,16-20H2,1H3/t23-,24-,25-/m1/s1. The molecule has 3 nitrogen and oxygen atoms in total. The molecule has 0 saturated heterocycles. The van der Waals surface area contributed by atoms with Crippen LogP contribution < -0.4 is 5.32 Å². The van der Waals surface area contributed by atoms with Crippen molar-refractivity contribution >= 4 is 0 Å². The van der Waals surface area contributed by atoms with Crippen LogP contribution in [0.25, 0.3) is 0 Å². The van der Waals surface area contributed by atoms with E-state index in [0.717, 1.165) is 38.8 Å². The fourth-order valence-corrected chi connectivity index (χ4v) is 4.08. The summed E-state index contributed by atoms with van der Waals surface area (Å²) in [6.07, 6.45) is 3.94. The lowest BCUT2D eigenvalue weighted by Gasteiger charge is -2.36. The fraction of sp³-hybridized carbons (Fsp3) is 0.440. The molecule has 1 aliphatic rings. The summed E-state index contributed by atoms with van der Waals surface area (Å²) in [4.78, 5) is 2.36. The molecule has 0 heterocycles. The number of hydrogen-bond donors (Lipinski definition) is 2. The van der Waals surface area contributed by atoms with E-state index >= 15 is 0 Å². The molecular weight excluding hydrogens is 344 g/mol. The maximum Gasteiger partial charge on any atom is 0.0848 e. The quantitative estimate of drug-likeness (QED) is 0.567. The molecule has 1 aliphatic carbocycles. The lowest BCUT2D eigenvalue weighted by atomic mass is 9.99. The average molecular weight is 377 g/mol. The van der Waals surface area contributed by atoms with Crippen LogP contribution in [0.15, 0.2) is 60.7 Å². The maximum atomic E-state index is 11.3. The second-order valence-electron chi connectivity index (χ2n) is 7.63. The Labute approximate surface area is 169 Å². The first-order chi connectivity index (χ1) is 13.8. The Hall–Kier alpha value is -2.12. The van der Waals surface area contributed by atoms with Gasteiger partial charge in [-0.25, -0.2) is 0 Å². The molecule has 0 aliphatic heterocycles. The molecule has 28 heavy (non-hydrogen) atoms. The van der Waals surface area contributed by atoms with Crippen LogP contribution >= 0.6 is 0 Å². The second-order valence-corrected chi connectivity index (χ2v) is 7.63. The van der Waals surface area contributed by atoms with Crippen LogP contribution in [0.2, 0.25) is 0 Å². The molecule has 2 aromatic rings. The van der Waals surface area contributed by atoms with Gasteiger partial charge in [-0.3, -0.25) is 4.90 Å². The zero-order valence-electron chi connectivity index (χ0n) is 16.8. The molecular formula is C25H32N2O. The van der Waals surface area contributed by atoms with Gasteiger partial charge in [0.15, 0.2) is 0 Å². The van der Waals surface area contributed by atoms with Crippen molar-refractivity contribution < 1.29 is 5.11 Å². The third-order valence-electron chi connectivity index (χ3n) is 5.64. The van der Waals surface area contributed by atoms with E-state index in [0.29, 0.717) is 6.54 Å². The Morgan fingerprint density at radius 1 is 0.964 bits per heavy atom. The molecule has 0 bridgehead atoms. The molecule has 3 heteroatoms. The number of benzene rings is 2. The van der Waals surface area contributed by atoms with Gasteiger partial charge in [0.25, 0.3) is 0 Å². The van der Waals surface area contributed by atoms with Gasteiger partial charge in [0, 0.05) is 25.2 Å². The van der Waals surface area contributed by atoms with Crippen molar-refractivity contribution in [1.82, 2.24) is 10.2 Å². The number of rotatable bonds is 7.